The van der Waals surface area contributed by atoms with E-state index in [0.717, 1.165) is 0 Å². The second-order valence-corrected chi connectivity index (χ2v) is 1.28. The summed E-state index contributed by atoms with van der Waals surface area (Å²) < 4.78 is 4.55. The molecule has 0 N–H and O–H groups in total. The van der Waals surface area contributed by atoms with Crippen LogP contribution in [0.5, 0.6) is 0 Å². The lowest BCUT2D eigenvalue weighted by molar-refractivity contribution is -0.141. The van der Waals surface area contributed by atoms with Gasteiger partial charge in [0.05, 0.1) is 11.9 Å². The van der Waals surface area contributed by atoms with Crippen molar-refractivity contribution in [2.75, 3.05) is 20.2 Å². The van der Waals surface area contributed by atoms with Crippen LogP contribution in [0.25, 0.3) is 0 Å². The summed E-state index contributed by atoms with van der Waals surface area (Å²) in [6.07, 6.45) is 0. The summed E-state index contributed by atoms with van der Waals surface area (Å²) >= 11 is 0. The summed E-state index contributed by atoms with van der Waals surface area (Å²) in [5.74, 6) is -0.255. The first-order valence-electron chi connectivity index (χ1n) is 2.52. The second-order valence-electron chi connectivity index (χ2n) is 1.28. The highest BCUT2D eigenvalue weighted by Gasteiger charge is 2.06. The molecule has 0 fully saturated rings. The molecule has 0 heterocycles. The molecule has 46 valence electrons. The Balaban J connectivity index is 3.06. The number of carbonyl (C=O) groups is 1. The standard InChI is InChI=1S/C5H10NO2/c1-3-8-5(7)4-6-2/h3-4H2,1-2H3/q+1. The molecule has 0 saturated heterocycles. The lowest BCUT2D eigenvalue weighted by Gasteiger charge is -1.90. The van der Waals surface area contributed by atoms with Gasteiger partial charge in [0.1, 0.15) is 0 Å². The van der Waals surface area contributed by atoms with Crippen molar-refractivity contribution in [1.29, 1.82) is 0 Å². The predicted molar refractivity (Wildman–Crippen MR) is 29.6 cm³/mol. The van der Waals surface area contributed by atoms with Gasteiger partial charge in [-0.1, -0.05) is 0 Å². The number of likely N-dealkylation sites (N-methyl/N-ethyl adjacent to an activating group) is 1. The van der Waals surface area contributed by atoms with E-state index in [0.29, 0.717) is 6.61 Å². The second kappa shape index (κ2) is 4.59. The van der Waals surface area contributed by atoms with E-state index in [2.05, 4.69) is 10.1 Å². The average Bonchev–Trinajstić information content (AvgIpc) is 1.68. The van der Waals surface area contributed by atoms with E-state index >= 15 is 0 Å². The first kappa shape index (κ1) is 7.43. The molecule has 0 spiro atoms. The molecule has 0 saturated carbocycles. The van der Waals surface area contributed by atoms with Gasteiger partial charge in [0.15, 0.2) is 7.05 Å². The molecule has 2 radical (unpaired) electrons. The van der Waals surface area contributed by atoms with Gasteiger partial charge in [0.2, 0.25) is 0 Å². The average molecular weight is 116 g/mol. The van der Waals surface area contributed by atoms with Crippen LogP contribution in [0.2, 0.25) is 0 Å². The van der Waals surface area contributed by atoms with Gasteiger partial charge >= 0.3 is 5.97 Å². The Labute approximate surface area is 49.0 Å². The summed E-state index contributed by atoms with van der Waals surface area (Å²) in [7, 11) is 1.58. The molecule has 3 heteroatoms. The van der Waals surface area contributed by atoms with E-state index in [1.54, 1.807) is 14.0 Å². The quantitative estimate of drug-likeness (QED) is 0.478. The lowest BCUT2D eigenvalue weighted by atomic mass is 10.6. The molecule has 0 atom stereocenters. The van der Waals surface area contributed by atoms with Crippen LogP contribution in [0.3, 0.4) is 0 Å². The summed E-state index contributed by atoms with van der Waals surface area (Å²) in [5, 5.41) is 3.58. The highest BCUT2D eigenvalue weighted by Crippen LogP contribution is 1.73. The molecule has 0 aromatic rings. The topological polar surface area (TPSA) is 40.4 Å². The van der Waals surface area contributed by atoms with Crippen molar-refractivity contribution in [2.45, 2.75) is 6.92 Å². The van der Waals surface area contributed by atoms with E-state index in [1.807, 2.05) is 0 Å². The maximum atomic E-state index is 10.3. The van der Waals surface area contributed by atoms with E-state index in [1.165, 1.54) is 0 Å². The fourth-order valence-electron chi connectivity index (χ4n) is 0.336. The monoisotopic (exact) mass is 116 g/mol. The van der Waals surface area contributed by atoms with Crippen molar-refractivity contribution < 1.29 is 9.53 Å². The van der Waals surface area contributed by atoms with Crippen molar-refractivity contribution in [3.8, 4) is 0 Å². The fourth-order valence-corrected chi connectivity index (χ4v) is 0.336. The van der Waals surface area contributed by atoms with Gasteiger partial charge in [0.25, 0.3) is 6.54 Å². The molecule has 0 aromatic heterocycles. The molecule has 0 aliphatic rings. The van der Waals surface area contributed by atoms with Crippen LogP contribution < -0.4 is 5.32 Å². The Morgan fingerprint density at radius 3 is 2.75 bits per heavy atom. The third kappa shape index (κ3) is 3.61. The number of hydrogen-bond donors (Lipinski definition) is 0. The molecule has 0 amide bonds. The summed E-state index contributed by atoms with van der Waals surface area (Å²) in [5.41, 5.74) is 0. The predicted octanol–water partition coefficient (Wildman–Crippen LogP) is -0.216. The van der Waals surface area contributed by atoms with Gasteiger partial charge in [-0.3, -0.25) is 0 Å². The fraction of sp³-hybridized carbons (Fsp3) is 0.800. The van der Waals surface area contributed by atoms with Gasteiger partial charge in [-0.25, -0.2) is 4.79 Å². The van der Waals surface area contributed by atoms with E-state index in [4.69, 9.17) is 0 Å². The van der Waals surface area contributed by atoms with Crippen LogP contribution >= 0.6 is 0 Å². The molecule has 0 rings (SSSR count). The molecular formula is C5H10NO2+. The minimum atomic E-state index is -0.255. The summed E-state index contributed by atoms with van der Waals surface area (Å²) in [6, 6.07) is 0. The van der Waals surface area contributed by atoms with Crippen molar-refractivity contribution in [3.05, 3.63) is 0 Å². The van der Waals surface area contributed by atoms with E-state index in [-0.39, 0.29) is 12.5 Å². The van der Waals surface area contributed by atoms with Crippen LogP contribution in [0.15, 0.2) is 0 Å². The molecule has 3 nitrogen and oxygen atoms in total. The molecule has 8 heavy (non-hydrogen) atoms. The zero-order valence-electron chi connectivity index (χ0n) is 5.18. The first-order valence-corrected chi connectivity index (χ1v) is 2.52. The van der Waals surface area contributed by atoms with Gasteiger partial charge in [0, 0.05) is 0 Å². The lowest BCUT2D eigenvalue weighted by Crippen LogP contribution is -2.15. The Morgan fingerprint density at radius 1 is 1.75 bits per heavy atom. The van der Waals surface area contributed by atoms with E-state index in [9.17, 15) is 4.79 Å². The van der Waals surface area contributed by atoms with Gasteiger partial charge in [-0.15, -0.1) is 0 Å². The Bertz CT molecular complexity index is 64.8. The molecule has 0 aromatic carbocycles. The van der Waals surface area contributed by atoms with E-state index < -0.39 is 0 Å². The summed E-state index contributed by atoms with van der Waals surface area (Å²) in [6.45, 7) is 2.38. The number of esters is 1. The molecule has 0 unspecified atom stereocenters. The smallest absolute Gasteiger partial charge is 0.373 e. The van der Waals surface area contributed by atoms with Crippen LogP contribution in [-0.4, -0.2) is 26.2 Å². The Morgan fingerprint density at radius 2 is 2.38 bits per heavy atom. The highest BCUT2D eigenvalue weighted by atomic mass is 16.5. The first-order chi connectivity index (χ1) is 3.81. The highest BCUT2D eigenvalue weighted by molar-refractivity contribution is 5.71. The third-order valence-electron chi connectivity index (χ3n) is 0.593. The largest absolute Gasteiger partial charge is 0.462 e. The van der Waals surface area contributed by atoms with Crippen molar-refractivity contribution >= 4 is 5.97 Å². The van der Waals surface area contributed by atoms with Crippen molar-refractivity contribution in [1.82, 2.24) is 5.32 Å². The Kier molecular flexibility index (Phi) is 4.26. The van der Waals surface area contributed by atoms with Gasteiger partial charge in [-0.2, -0.15) is 0 Å². The van der Waals surface area contributed by atoms with Crippen LogP contribution in [-0.2, 0) is 9.53 Å². The zero-order chi connectivity index (χ0) is 6.41. The van der Waals surface area contributed by atoms with Crippen LogP contribution in [0.4, 0.5) is 0 Å². The maximum Gasteiger partial charge on any atom is 0.373 e. The minimum absolute atomic E-state index is 0.174. The third-order valence-corrected chi connectivity index (χ3v) is 0.593. The van der Waals surface area contributed by atoms with Crippen LogP contribution in [0.1, 0.15) is 6.92 Å². The normalized spacial score (nSPS) is 8.75. The maximum absolute atomic E-state index is 10.3. The number of nitrogens with zero attached hydrogens (tertiary/aromatic N) is 1. The van der Waals surface area contributed by atoms with Gasteiger partial charge in [-0.05, 0) is 6.92 Å². The molecule has 0 aliphatic heterocycles. The number of carbonyl (C=O) groups excluding carboxylic acids is 1. The number of ether oxygens (including phenoxy) is 1. The number of hydrogen-bond acceptors (Lipinski definition) is 2. The summed E-state index contributed by atoms with van der Waals surface area (Å²) in [4.78, 5) is 10.3. The van der Waals surface area contributed by atoms with Crippen LogP contribution in [0, 0.1) is 0 Å². The zero-order valence-corrected chi connectivity index (χ0v) is 5.18. The SMILES string of the molecule is CCOC(=O)C[N+]C. The number of rotatable bonds is 3. The Hall–Kier alpha value is -0.570. The minimum Gasteiger partial charge on any atom is -0.462 e. The van der Waals surface area contributed by atoms with Crippen molar-refractivity contribution in [2.24, 2.45) is 0 Å². The van der Waals surface area contributed by atoms with Crippen molar-refractivity contribution in [3.63, 3.8) is 0 Å². The molecular weight excluding hydrogens is 106 g/mol. The van der Waals surface area contributed by atoms with Gasteiger partial charge < -0.3 is 4.74 Å². The molecule has 0 bridgehead atoms. The molecule has 0 aliphatic carbocycles.